The van der Waals surface area contributed by atoms with E-state index in [0.717, 1.165) is 26.0 Å². The summed E-state index contributed by atoms with van der Waals surface area (Å²) >= 11 is 0. The van der Waals surface area contributed by atoms with Crippen LogP contribution < -0.4 is 10.6 Å². The van der Waals surface area contributed by atoms with E-state index >= 15 is 0 Å². The van der Waals surface area contributed by atoms with Gasteiger partial charge in [0, 0.05) is 20.2 Å². The Morgan fingerprint density at radius 3 is 2.77 bits per heavy atom. The molecule has 0 saturated carbocycles. The number of carbonyl (C=O) groups is 1. The van der Waals surface area contributed by atoms with Gasteiger partial charge < -0.3 is 15.4 Å². The van der Waals surface area contributed by atoms with Crippen LogP contribution in [0.15, 0.2) is 0 Å². The molecule has 13 heavy (non-hydrogen) atoms. The third-order valence-electron chi connectivity index (χ3n) is 1.63. The molecule has 0 saturated heterocycles. The summed E-state index contributed by atoms with van der Waals surface area (Å²) in [6, 6.07) is 0. The quantitative estimate of drug-likeness (QED) is 0.533. The Labute approximate surface area is 80.0 Å². The highest BCUT2D eigenvalue weighted by atomic mass is 16.5. The molecule has 0 aliphatic rings. The number of ether oxygens (including phenoxy) is 1. The molecule has 0 aromatic carbocycles. The molecule has 0 radical (unpaired) electrons. The molecule has 0 heterocycles. The van der Waals surface area contributed by atoms with Crippen molar-refractivity contribution in [2.24, 2.45) is 0 Å². The number of likely N-dealkylation sites (N-methyl/N-ethyl adjacent to an activating group) is 1. The molecule has 1 amide bonds. The maximum Gasteiger partial charge on any atom is 0.233 e. The van der Waals surface area contributed by atoms with E-state index in [4.69, 9.17) is 4.74 Å². The molecule has 0 aromatic heterocycles. The summed E-state index contributed by atoms with van der Waals surface area (Å²) in [6.07, 6.45) is 2.26. The Kier molecular flexibility index (Phi) is 9.03. The summed E-state index contributed by atoms with van der Waals surface area (Å²) in [5.41, 5.74) is 0. The highest BCUT2D eigenvalue weighted by Crippen LogP contribution is 1.86. The van der Waals surface area contributed by atoms with Crippen molar-refractivity contribution >= 4 is 5.91 Å². The normalized spacial score (nSPS) is 10.0. The first-order chi connectivity index (χ1) is 6.31. The highest BCUT2D eigenvalue weighted by Gasteiger charge is 1.94. The number of amides is 1. The van der Waals surface area contributed by atoms with Gasteiger partial charge in [0.2, 0.25) is 5.91 Å². The highest BCUT2D eigenvalue weighted by molar-refractivity contribution is 5.77. The standard InChI is InChI=1S/C9H20N2O2/c1-3-4-6-13-7-5-11-8-9(12)10-2/h11H,3-8H2,1-2H3,(H,10,12). The van der Waals surface area contributed by atoms with Gasteiger partial charge in [-0.3, -0.25) is 4.79 Å². The third kappa shape index (κ3) is 9.30. The summed E-state index contributed by atoms with van der Waals surface area (Å²) < 4.78 is 5.30. The molecule has 0 fully saturated rings. The monoisotopic (exact) mass is 188 g/mol. The first-order valence-electron chi connectivity index (χ1n) is 4.80. The van der Waals surface area contributed by atoms with Gasteiger partial charge in [-0.2, -0.15) is 0 Å². The van der Waals surface area contributed by atoms with Crippen LogP contribution in [0.1, 0.15) is 19.8 Å². The molecule has 2 N–H and O–H groups in total. The van der Waals surface area contributed by atoms with Gasteiger partial charge in [-0.15, -0.1) is 0 Å². The van der Waals surface area contributed by atoms with Crippen LogP contribution in [0.4, 0.5) is 0 Å². The van der Waals surface area contributed by atoms with Gasteiger partial charge in [0.15, 0.2) is 0 Å². The summed E-state index contributed by atoms with van der Waals surface area (Å²) in [6.45, 7) is 4.73. The van der Waals surface area contributed by atoms with Crippen LogP contribution in [0.2, 0.25) is 0 Å². The lowest BCUT2D eigenvalue weighted by Crippen LogP contribution is -2.33. The molecular formula is C9H20N2O2. The Balaban J connectivity index is 2.95. The molecule has 0 atom stereocenters. The minimum absolute atomic E-state index is 0.00792. The second kappa shape index (κ2) is 9.48. The lowest BCUT2D eigenvalue weighted by molar-refractivity contribution is -0.119. The van der Waals surface area contributed by atoms with Crippen LogP contribution >= 0.6 is 0 Å². The van der Waals surface area contributed by atoms with E-state index in [1.165, 1.54) is 0 Å². The van der Waals surface area contributed by atoms with Gasteiger partial charge in [0.25, 0.3) is 0 Å². The zero-order chi connectivity index (χ0) is 9.94. The Hall–Kier alpha value is -0.610. The number of carbonyl (C=O) groups excluding carboxylic acids is 1. The van der Waals surface area contributed by atoms with Crippen molar-refractivity contribution in [2.75, 3.05) is 33.4 Å². The lowest BCUT2D eigenvalue weighted by atomic mass is 10.4. The van der Waals surface area contributed by atoms with E-state index in [9.17, 15) is 4.79 Å². The fourth-order valence-electron chi connectivity index (χ4n) is 0.783. The van der Waals surface area contributed by atoms with Crippen LogP contribution in [-0.2, 0) is 9.53 Å². The fraction of sp³-hybridized carbons (Fsp3) is 0.889. The molecule has 0 spiro atoms. The van der Waals surface area contributed by atoms with E-state index < -0.39 is 0 Å². The molecule has 4 heteroatoms. The molecule has 4 nitrogen and oxygen atoms in total. The van der Waals surface area contributed by atoms with Gasteiger partial charge in [-0.25, -0.2) is 0 Å². The van der Waals surface area contributed by atoms with E-state index in [2.05, 4.69) is 17.6 Å². The number of hydrogen-bond donors (Lipinski definition) is 2. The smallest absolute Gasteiger partial charge is 0.233 e. The van der Waals surface area contributed by atoms with E-state index in [0.29, 0.717) is 13.2 Å². The largest absolute Gasteiger partial charge is 0.380 e. The second-order valence-electron chi connectivity index (χ2n) is 2.82. The molecule has 0 aliphatic heterocycles. The zero-order valence-electron chi connectivity index (χ0n) is 8.56. The molecular weight excluding hydrogens is 168 g/mol. The van der Waals surface area contributed by atoms with E-state index in [1.54, 1.807) is 7.05 Å². The molecule has 0 rings (SSSR count). The second-order valence-corrected chi connectivity index (χ2v) is 2.82. The van der Waals surface area contributed by atoms with Crippen molar-refractivity contribution in [1.82, 2.24) is 10.6 Å². The number of rotatable bonds is 8. The molecule has 0 aliphatic carbocycles. The first-order valence-corrected chi connectivity index (χ1v) is 4.80. The maximum atomic E-state index is 10.7. The lowest BCUT2D eigenvalue weighted by Gasteiger charge is -2.04. The summed E-state index contributed by atoms with van der Waals surface area (Å²) in [7, 11) is 1.63. The summed E-state index contributed by atoms with van der Waals surface area (Å²) in [5, 5.41) is 5.51. The minimum Gasteiger partial charge on any atom is -0.380 e. The number of hydrogen-bond acceptors (Lipinski definition) is 3. The first kappa shape index (κ1) is 12.4. The van der Waals surface area contributed by atoms with Crippen LogP contribution in [-0.4, -0.2) is 39.3 Å². The topological polar surface area (TPSA) is 50.4 Å². The average molecular weight is 188 g/mol. The predicted octanol–water partition coefficient (Wildman–Crippen LogP) is 0.139. The van der Waals surface area contributed by atoms with Gasteiger partial charge in [-0.1, -0.05) is 13.3 Å². The van der Waals surface area contributed by atoms with Gasteiger partial charge in [-0.05, 0) is 6.42 Å². The Morgan fingerprint density at radius 2 is 2.15 bits per heavy atom. The Morgan fingerprint density at radius 1 is 1.38 bits per heavy atom. The van der Waals surface area contributed by atoms with Crippen LogP contribution in [0.5, 0.6) is 0 Å². The fourth-order valence-corrected chi connectivity index (χ4v) is 0.783. The van der Waals surface area contributed by atoms with Crippen LogP contribution in [0.3, 0.4) is 0 Å². The van der Waals surface area contributed by atoms with Gasteiger partial charge in [0.05, 0.1) is 13.2 Å². The molecule has 78 valence electrons. The van der Waals surface area contributed by atoms with Crippen molar-refractivity contribution < 1.29 is 9.53 Å². The van der Waals surface area contributed by atoms with E-state index in [-0.39, 0.29) is 5.91 Å². The van der Waals surface area contributed by atoms with Crippen molar-refractivity contribution in [3.8, 4) is 0 Å². The van der Waals surface area contributed by atoms with Crippen molar-refractivity contribution in [2.45, 2.75) is 19.8 Å². The van der Waals surface area contributed by atoms with Gasteiger partial charge in [0.1, 0.15) is 0 Å². The number of nitrogens with one attached hydrogen (secondary N) is 2. The predicted molar refractivity (Wildman–Crippen MR) is 52.7 cm³/mol. The van der Waals surface area contributed by atoms with Gasteiger partial charge >= 0.3 is 0 Å². The summed E-state index contributed by atoms with van der Waals surface area (Å²) in [4.78, 5) is 10.7. The number of unbranched alkanes of at least 4 members (excludes halogenated alkanes) is 1. The van der Waals surface area contributed by atoms with Crippen molar-refractivity contribution in [3.63, 3.8) is 0 Å². The zero-order valence-corrected chi connectivity index (χ0v) is 8.56. The molecule has 0 aromatic rings. The van der Waals surface area contributed by atoms with Crippen LogP contribution in [0.25, 0.3) is 0 Å². The molecule has 0 bridgehead atoms. The SMILES string of the molecule is CCCCOCCNCC(=O)NC. The van der Waals surface area contributed by atoms with Crippen molar-refractivity contribution in [1.29, 1.82) is 0 Å². The Bertz CT molecular complexity index is 129. The minimum atomic E-state index is 0.00792. The third-order valence-corrected chi connectivity index (χ3v) is 1.63. The summed E-state index contributed by atoms with van der Waals surface area (Å²) in [5.74, 6) is 0.00792. The van der Waals surface area contributed by atoms with Crippen molar-refractivity contribution in [3.05, 3.63) is 0 Å². The van der Waals surface area contributed by atoms with Crippen LogP contribution in [0, 0.1) is 0 Å². The maximum absolute atomic E-state index is 10.7. The molecule has 0 unspecified atom stereocenters. The van der Waals surface area contributed by atoms with E-state index in [1.807, 2.05) is 0 Å². The average Bonchev–Trinajstić information content (AvgIpc) is 2.16.